The van der Waals surface area contributed by atoms with Crippen LogP contribution in [-0.2, 0) is 0 Å². The topological polar surface area (TPSA) is 39.2 Å². The van der Waals surface area contributed by atoms with Crippen LogP contribution in [0.25, 0.3) is 43.8 Å². The zero-order chi connectivity index (χ0) is 16.1. The Morgan fingerprint density at radius 3 is 2.29 bits per heavy atom. The van der Waals surface area contributed by atoms with Crippen molar-refractivity contribution in [2.45, 2.75) is 0 Å². The molecule has 0 saturated heterocycles. The molecule has 2 heteroatoms. The van der Waals surface area contributed by atoms with Crippen LogP contribution in [0.1, 0.15) is 0 Å². The summed E-state index contributed by atoms with van der Waals surface area (Å²) in [6.45, 7) is 0. The van der Waals surface area contributed by atoms with Crippen LogP contribution >= 0.6 is 0 Å². The summed E-state index contributed by atoms with van der Waals surface area (Å²) in [4.78, 5) is 0. The number of nitrogens with two attached hydrogens (primary N) is 1. The van der Waals surface area contributed by atoms with Crippen molar-refractivity contribution in [3.05, 3.63) is 78.9 Å². The van der Waals surface area contributed by atoms with Gasteiger partial charge in [-0.25, -0.2) is 0 Å². The van der Waals surface area contributed by atoms with Crippen molar-refractivity contribution in [2.75, 3.05) is 5.73 Å². The van der Waals surface area contributed by atoms with Crippen LogP contribution in [0.4, 0.5) is 5.69 Å². The lowest BCUT2D eigenvalue weighted by Crippen LogP contribution is -1.91. The molecule has 0 amide bonds. The first-order valence-corrected chi connectivity index (χ1v) is 8.01. The fourth-order valence-electron chi connectivity index (χ4n) is 3.57. The molecular weight excluding hydrogens is 294 g/mol. The number of nitrogen functional groups attached to an aromatic ring is 1. The summed E-state index contributed by atoms with van der Waals surface area (Å²) in [5, 5.41) is 4.59. The van der Waals surface area contributed by atoms with Crippen LogP contribution in [0.5, 0.6) is 0 Å². The van der Waals surface area contributed by atoms with Crippen molar-refractivity contribution < 1.29 is 4.42 Å². The molecule has 4 aromatic carbocycles. The number of hydrogen-bond donors (Lipinski definition) is 1. The highest BCUT2D eigenvalue weighted by Crippen LogP contribution is 2.42. The predicted octanol–water partition coefficient (Wildman–Crippen LogP) is 5.99. The molecule has 5 rings (SSSR count). The lowest BCUT2D eigenvalue weighted by molar-refractivity contribution is 0.669. The number of furan rings is 1. The minimum absolute atomic E-state index is 0.769. The summed E-state index contributed by atoms with van der Waals surface area (Å²) in [5.41, 5.74) is 11.1. The molecule has 0 radical (unpaired) electrons. The van der Waals surface area contributed by atoms with E-state index in [9.17, 15) is 0 Å². The molecule has 0 bridgehead atoms. The van der Waals surface area contributed by atoms with Crippen LogP contribution < -0.4 is 5.73 Å². The van der Waals surface area contributed by atoms with Crippen LogP contribution in [0.2, 0.25) is 0 Å². The molecule has 2 N–H and O–H groups in total. The maximum Gasteiger partial charge on any atom is 0.136 e. The van der Waals surface area contributed by atoms with E-state index in [1.165, 1.54) is 10.8 Å². The van der Waals surface area contributed by atoms with Gasteiger partial charge in [0.15, 0.2) is 0 Å². The van der Waals surface area contributed by atoms with Crippen LogP contribution in [-0.4, -0.2) is 0 Å². The summed E-state index contributed by atoms with van der Waals surface area (Å²) in [6.07, 6.45) is 0. The second-order valence-corrected chi connectivity index (χ2v) is 6.03. The first-order valence-electron chi connectivity index (χ1n) is 8.01. The highest BCUT2D eigenvalue weighted by molar-refractivity contribution is 6.18. The Balaban J connectivity index is 2.00. The molecule has 0 aliphatic rings. The smallest absolute Gasteiger partial charge is 0.136 e. The van der Waals surface area contributed by atoms with Gasteiger partial charge in [0, 0.05) is 22.0 Å². The second kappa shape index (κ2) is 4.87. The molecule has 24 heavy (non-hydrogen) atoms. The van der Waals surface area contributed by atoms with Gasteiger partial charge >= 0.3 is 0 Å². The summed E-state index contributed by atoms with van der Waals surface area (Å²) in [5.74, 6) is 0. The molecule has 0 aliphatic carbocycles. The van der Waals surface area contributed by atoms with Crippen LogP contribution in [0.3, 0.4) is 0 Å². The Labute approximate surface area is 139 Å². The number of rotatable bonds is 1. The van der Waals surface area contributed by atoms with Gasteiger partial charge in [-0.2, -0.15) is 0 Å². The number of benzene rings is 4. The van der Waals surface area contributed by atoms with E-state index in [2.05, 4.69) is 48.5 Å². The van der Waals surface area contributed by atoms with E-state index in [1.54, 1.807) is 0 Å². The maximum atomic E-state index is 6.42. The Kier molecular flexibility index (Phi) is 2.68. The van der Waals surface area contributed by atoms with Gasteiger partial charge in [-0.15, -0.1) is 0 Å². The first-order chi connectivity index (χ1) is 11.8. The van der Waals surface area contributed by atoms with Crippen LogP contribution in [0, 0.1) is 0 Å². The molecule has 1 aromatic heterocycles. The summed E-state index contributed by atoms with van der Waals surface area (Å²) in [6, 6.07) is 26.7. The Hall–Kier alpha value is -3.26. The maximum absolute atomic E-state index is 6.42. The zero-order valence-corrected chi connectivity index (χ0v) is 13.0. The minimum atomic E-state index is 0.769. The van der Waals surface area contributed by atoms with E-state index >= 15 is 0 Å². The predicted molar refractivity (Wildman–Crippen MR) is 101 cm³/mol. The van der Waals surface area contributed by atoms with Gasteiger partial charge in [-0.3, -0.25) is 0 Å². The third-order valence-electron chi connectivity index (χ3n) is 4.63. The van der Waals surface area contributed by atoms with Gasteiger partial charge in [0.25, 0.3) is 0 Å². The molecule has 0 unspecified atom stereocenters. The molecule has 114 valence electrons. The standard InChI is InChI=1S/C22H15NO/c23-18-12-13-20-22(17-9-3-4-11-19(17)24-20)21(18)16-10-5-7-14-6-1-2-8-15(14)16/h1-13H,23H2. The van der Waals surface area contributed by atoms with Crippen molar-refractivity contribution in [2.24, 2.45) is 0 Å². The minimum Gasteiger partial charge on any atom is -0.456 e. The highest BCUT2D eigenvalue weighted by Gasteiger charge is 2.16. The van der Waals surface area contributed by atoms with Gasteiger partial charge in [0.05, 0.1) is 0 Å². The molecule has 2 nitrogen and oxygen atoms in total. The van der Waals surface area contributed by atoms with Crippen molar-refractivity contribution in [1.82, 2.24) is 0 Å². The van der Waals surface area contributed by atoms with E-state index < -0.39 is 0 Å². The molecule has 0 atom stereocenters. The first kappa shape index (κ1) is 13.2. The lowest BCUT2D eigenvalue weighted by Gasteiger charge is -2.11. The zero-order valence-electron chi connectivity index (χ0n) is 13.0. The highest BCUT2D eigenvalue weighted by atomic mass is 16.3. The summed E-state index contributed by atoms with van der Waals surface area (Å²) < 4.78 is 6.03. The summed E-state index contributed by atoms with van der Waals surface area (Å²) >= 11 is 0. The molecule has 1 heterocycles. The number of hydrogen-bond acceptors (Lipinski definition) is 2. The van der Waals surface area contributed by atoms with E-state index in [1.807, 2.05) is 30.3 Å². The molecule has 0 saturated carbocycles. The molecule has 0 aliphatic heterocycles. The monoisotopic (exact) mass is 309 g/mol. The molecular formula is C22H15NO. The van der Waals surface area contributed by atoms with Crippen molar-refractivity contribution in [3.63, 3.8) is 0 Å². The Morgan fingerprint density at radius 2 is 1.38 bits per heavy atom. The SMILES string of the molecule is Nc1ccc2oc3ccccc3c2c1-c1cccc2ccccc12. The van der Waals surface area contributed by atoms with Gasteiger partial charge in [-0.05, 0) is 34.5 Å². The third-order valence-corrected chi connectivity index (χ3v) is 4.63. The number of fused-ring (bicyclic) bond motifs is 4. The third kappa shape index (κ3) is 1.77. The van der Waals surface area contributed by atoms with Crippen molar-refractivity contribution >= 4 is 38.4 Å². The Morgan fingerprint density at radius 1 is 0.625 bits per heavy atom. The van der Waals surface area contributed by atoms with Gasteiger partial charge < -0.3 is 10.2 Å². The van der Waals surface area contributed by atoms with E-state index in [4.69, 9.17) is 10.2 Å². The fourth-order valence-corrected chi connectivity index (χ4v) is 3.57. The quantitative estimate of drug-likeness (QED) is 0.386. The van der Waals surface area contributed by atoms with Crippen molar-refractivity contribution in [3.8, 4) is 11.1 Å². The molecule has 5 aromatic rings. The second-order valence-electron chi connectivity index (χ2n) is 6.03. The van der Waals surface area contributed by atoms with Gasteiger partial charge in [-0.1, -0.05) is 60.7 Å². The van der Waals surface area contributed by atoms with E-state index in [0.717, 1.165) is 38.8 Å². The van der Waals surface area contributed by atoms with Gasteiger partial charge in [0.2, 0.25) is 0 Å². The molecule has 0 spiro atoms. The molecule has 0 fully saturated rings. The van der Waals surface area contributed by atoms with Gasteiger partial charge in [0.1, 0.15) is 11.2 Å². The van der Waals surface area contributed by atoms with Crippen molar-refractivity contribution in [1.29, 1.82) is 0 Å². The van der Waals surface area contributed by atoms with E-state index in [0.29, 0.717) is 0 Å². The van der Waals surface area contributed by atoms with E-state index in [-0.39, 0.29) is 0 Å². The van der Waals surface area contributed by atoms with Crippen LogP contribution in [0.15, 0.2) is 83.3 Å². The number of para-hydroxylation sites is 1. The largest absolute Gasteiger partial charge is 0.456 e. The normalized spacial score (nSPS) is 11.5. The Bertz CT molecular complexity index is 1210. The summed E-state index contributed by atoms with van der Waals surface area (Å²) in [7, 11) is 0. The fraction of sp³-hybridized carbons (Fsp3) is 0. The number of anilines is 1. The lowest BCUT2D eigenvalue weighted by atomic mass is 9.93. The average molecular weight is 309 g/mol. The average Bonchev–Trinajstić information content (AvgIpc) is 3.00.